The molecule has 8 nitrogen and oxygen atoms in total. The van der Waals surface area contributed by atoms with E-state index in [0.717, 1.165) is 60.6 Å². The zero-order valence-corrected chi connectivity index (χ0v) is 19.3. The van der Waals surface area contributed by atoms with Crippen molar-refractivity contribution < 1.29 is 9.32 Å². The Morgan fingerprint density at radius 3 is 2.61 bits per heavy atom. The third kappa shape index (κ3) is 3.58. The van der Waals surface area contributed by atoms with Crippen molar-refractivity contribution in [2.75, 3.05) is 26.2 Å². The monoisotopic (exact) mass is 444 g/mol. The fourth-order valence-electron chi connectivity index (χ4n) is 4.87. The average Bonchev–Trinajstić information content (AvgIpc) is 3.54. The number of carbonyl (C=O) groups excluding carboxylic acids is 1. The average molecular weight is 445 g/mol. The molecule has 0 N–H and O–H groups in total. The van der Waals surface area contributed by atoms with Gasteiger partial charge in [0.25, 0.3) is 11.6 Å². The minimum atomic E-state index is 0.0525. The molecule has 1 amide bonds. The van der Waals surface area contributed by atoms with Crippen LogP contribution in [0.2, 0.25) is 0 Å². The molecule has 8 heteroatoms. The molecule has 6 rings (SSSR count). The van der Waals surface area contributed by atoms with Crippen LogP contribution in [0.5, 0.6) is 0 Å². The van der Waals surface area contributed by atoms with Crippen molar-refractivity contribution in [1.82, 2.24) is 29.3 Å². The van der Waals surface area contributed by atoms with E-state index >= 15 is 0 Å². The van der Waals surface area contributed by atoms with Gasteiger partial charge in [0.15, 0.2) is 0 Å². The highest BCUT2D eigenvalue weighted by Crippen LogP contribution is 2.40. The van der Waals surface area contributed by atoms with Gasteiger partial charge in [-0.25, -0.2) is 9.97 Å². The van der Waals surface area contributed by atoms with Gasteiger partial charge < -0.3 is 13.8 Å². The highest BCUT2D eigenvalue weighted by molar-refractivity contribution is 6.06. The SMILES string of the molecule is Cc1ccn2c(CN3CCN(C(=O)c4cc(C5CC5)nc5onc(C)c45)CC3)c(C)nc2c1. The van der Waals surface area contributed by atoms with E-state index in [0.29, 0.717) is 30.3 Å². The maximum atomic E-state index is 13.5. The van der Waals surface area contributed by atoms with Gasteiger partial charge in [-0.2, -0.15) is 0 Å². The molecule has 2 aliphatic rings. The Morgan fingerprint density at radius 1 is 1.06 bits per heavy atom. The van der Waals surface area contributed by atoms with Crippen LogP contribution in [0.3, 0.4) is 0 Å². The van der Waals surface area contributed by atoms with Crippen LogP contribution >= 0.6 is 0 Å². The minimum Gasteiger partial charge on any atom is -0.336 e. The Balaban J connectivity index is 1.20. The van der Waals surface area contributed by atoms with E-state index in [9.17, 15) is 4.79 Å². The summed E-state index contributed by atoms with van der Waals surface area (Å²) in [4.78, 5) is 27.3. The van der Waals surface area contributed by atoms with Crippen LogP contribution in [-0.2, 0) is 6.54 Å². The largest absolute Gasteiger partial charge is 0.336 e. The van der Waals surface area contributed by atoms with Crippen molar-refractivity contribution in [3.8, 4) is 0 Å². The van der Waals surface area contributed by atoms with Gasteiger partial charge >= 0.3 is 0 Å². The summed E-state index contributed by atoms with van der Waals surface area (Å²) in [6.07, 6.45) is 4.35. The third-order valence-electron chi connectivity index (χ3n) is 6.98. The molecule has 4 aromatic heterocycles. The number of amides is 1. The van der Waals surface area contributed by atoms with Crippen molar-refractivity contribution in [3.63, 3.8) is 0 Å². The lowest BCUT2D eigenvalue weighted by molar-refractivity contribution is 0.0628. The number of piperazine rings is 1. The van der Waals surface area contributed by atoms with Gasteiger partial charge in [-0.05, 0) is 57.4 Å². The summed E-state index contributed by atoms with van der Waals surface area (Å²) in [6, 6.07) is 6.21. The molecule has 33 heavy (non-hydrogen) atoms. The summed E-state index contributed by atoms with van der Waals surface area (Å²) in [7, 11) is 0. The van der Waals surface area contributed by atoms with Crippen LogP contribution < -0.4 is 0 Å². The fraction of sp³-hybridized carbons (Fsp3) is 0.440. The van der Waals surface area contributed by atoms with E-state index in [2.05, 4.69) is 51.6 Å². The van der Waals surface area contributed by atoms with E-state index in [1.807, 2.05) is 17.9 Å². The van der Waals surface area contributed by atoms with Gasteiger partial charge in [-0.3, -0.25) is 9.69 Å². The van der Waals surface area contributed by atoms with Crippen molar-refractivity contribution in [3.05, 3.63) is 58.3 Å². The lowest BCUT2D eigenvalue weighted by atomic mass is 10.1. The Bertz CT molecular complexity index is 1370. The first kappa shape index (κ1) is 20.4. The van der Waals surface area contributed by atoms with E-state index < -0.39 is 0 Å². The predicted molar refractivity (Wildman–Crippen MR) is 124 cm³/mol. The van der Waals surface area contributed by atoms with Gasteiger partial charge in [0, 0.05) is 50.5 Å². The lowest BCUT2D eigenvalue weighted by Crippen LogP contribution is -2.48. The molecule has 4 aromatic rings. The molecule has 0 radical (unpaired) electrons. The van der Waals surface area contributed by atoms with E-state index in [-0.39, 0.29) is 5.91 Å². The number of aromatic nitrogens is 4. The second-order valence-electron chi connectivity index (χ2n) is 9.46. The Labute approximate surface area is 192 Å². The third-order valence-corrected chi connectivity index (χ3v) is 6.98. The van der Waals surface area contributed by atoms with Crippen LogP contribution in [0.15, 0.2) is 28.9 Å². The van der Waals surface area contributed by atoms with Gasteiger partial charge in [0.05, 0.1) is 28.0 Å². The van der Waals surface area contributed by atoms with Crippen molar-refractivity contribution in [2.24, 2.45) is 0 Å². The second-order valence-corrected chi connectivity index (χ2v) is 9.46. The van der Waals surface area contributed by atoms with Crippen LogP contribution in [-0.4, -0.2) is 61.4 Å². The molecular weight excluding hydrogens is 416 g/mol. The molecule has 2 fully saturated rings. The Morgan fingerprint density at radius 2 is 1.85 bits per heavy atom. The second kappa shape index (κ2) is 7.66. The number of carbonyl (C=O) groups is 1. The smallest absolute Gasteiger partial charge is 0.259 e. The molecule has 0 aromatic carbocycles. The summed E-state index contributed by atoms with van der Waals surface area (Å²) in [6.45, 7) is 9.91. The molecule has 0 atom stereocenters. The molecule has 1 saturated carbocycles. The normalized spacial score (nSPS) is 17.4. The van der Waals surface area contributed by atoms with E-state index in [1.54, 1.807) is 0 Å². The van der Waals surface area contributed by atoms with Crippen LogP contribution in [0.25, 0.3) is 16.7 Å². The number of hydrogen-bond donors (Lipinski definition) is 0. The van der Waals surface area contributed by atoms with Gasteiger partial charge in [0.1, 0.15) is 5.65 Å². The molecule has 5 heterocycles. The fourth-order valence-corrected chi connectivity index (χ4v) is 4.87. The van der Waals surface area contributed by atoms with E-state index in [1.165, 1.54) is 11.3 Å². The highest BCUT2D eigenvalue weighted by Gasteiger charge is 2.31. The van der Waals surface area contributed by atoms with Gasteiger partial charge in [0.2, 0.25) is 0 Å². The zero-order chi connectivity index (χ0) is 22.7. The maximum Gasteiger partial charge on any atom is 0.259 e. The molecule has 0 unspecified atom stereocenters. The Kier molecular flexibility index (Phi) is 4.72. The van der Waals surface area contributed by atoms with Crippen LogP contribution in [0.4, 0.5) is 0 Å². The summed E-state index contributed by atoms with van der Waals surface area (Å²) >= 11 is 0. The quantitative estimate of drug-likeness (QED) is 0.478. The van der Waals surface area contributed by atoms with Crippen molar-refractivity contribution >= 4 is 22.7 Å². The molecule has 0 bridgehead atoms. The van der Waals surface area contributed by atoms with Crippen molar-refractivity contribution in [1.29, 1.82) is 0 Å². The number of fused-ring (bicyclic) bond motifs is 2. The first-order valence-corrected chi connectivity index (χ1v) is 11.7. The van der Waals surface area contributed by atoms with Crippen LogP contribution in [0, 0.1) is 20.8 Å². The van der Waals surface area contributed by atoms with Crippen molar-refractivity contribution in [2.45, 2.75) is 46.1 Å². The molecule has 1 aliphatic carbocycles. The molecule has 1 saturated heterocycles. The number of aryl methyl sites for hydroxylation is 3. The number of hydrogen-bond acceptors (Lipinski definition) is 6. The Hall–Kier alpha value is -3.26. The summed E-state index contributed by atoms with van der Waals surface area (Å²) in [5, 5.41) is 4.83. The zero-order valence-electron chi connectivity index (χ0n) is 19.3. The molecule has 170 valence electrons. The maximum absolute atomic E-state index is 13.5. The topological polar surface area (TPSA) is 79.8 Å². The first-order chi connectivity index (χ1) is 16.0. The predicted octanol–water partition coefficient (Wildman–Crippen LogP) is 3.63. The summed E-state index contributed by atoms with van der Waals surface area (Å²) < 4.78 is 7.61. The summed E-state index contributed by atoms with van der Waals surface area (Å²) in [5.74, 6) is 0.498. The number of pyridine rings is 2. The van der Waals surface area contributed by atoms with E-state index in [4.69, 9.17) is 9.51 Å². The van der Waals surface area contributed by atoms with Crippen LogP contribution in [0.1, 0.15) is 57.5 Å². The number of rotatable bonds is 4. The molecular formula is C25H28N6O2. The molecule has 0 spiro atoms. The highest BCUT2D eigenvalue weighted by atomic mass is 16.5. The standard InChI is InChI=1S/C25H28N6O2/c1-15-6-7-31-21(16(2)26-22(31)12-15)14-29-8-10-30(11-9-29)25(32)19-13-20(18-4-5-18)27-24-23(19)17(3)28-33-24/h6-7,12-13,18H,4-5,8-11,14H2,1-3H3. The lowest BCUT2D eigenvalue weighted by Gasteiger charge is -2.34. The first-order valence-electron chi connectivity index (χ1n) is 11.7. The summed E-state index contributed by atoms with van der Waals surface area (Å²) in [5.41, 5.74) is 7.33. The van der Waals surface area contributed by atoms with Gasteiger partial charge in [-0.1, -0.05) is 5.16 Å². The number of nitrogens with zero attached hydrogens (tertiary/aromatic N) is 6. The number of imidazole rings is 1. The van der Waals surface area contributed by atoms with Gasteiger partial charge in [-0.15, -0.1) is 0 Å². The molecule has 1 aliphatic heterocycles. The minimum absolute atomic E-state index is 0.0525.